The minimum absolute atomic E-state index is 0.0376. The second-order valence-corrected chi connectivity index (χ2v) is 9.11. The highest BCUT2D eigenvalue weighted by Crippen LogP contribution is 2.20. The van der Waals surface area contributed by atoms with Crippen molar-refractivity contribution in [2.45, 2.75) is 33.6 Å². The molecule has 0 aromatic heterocycles. The first-order valence-electron chi connectivity index (χ1n) is 11.1. The van der Waals surface area contributed by atoms with Crippen LogP contribution in [0.3, 0.4) is 0 Å². The van der Waals surface area contributed by atoms with E-state index in [1.165, 1.54) is 5.56 Å². The van der Waals surface area contributed by atoms with E-state index in [0.29, 0.717) is 11.5 Å². The number of carbonyl (C=O) groups is 2. The summed E-state index contributed by atoms with van der Waals surface area (Å²) in [5.74, 6) is 0.443. The Morgan fingerprint density at radius 3 is 2.00 bits per heavy atom. The van der Waals surface area contributed by atoms with Crippen molar-refractivity contribution in [1.82, 2.24) is 10.2 Å². The van der Waals surface area contributed by atoms with E-state index in [9.17, 15) is 9.59 Å². The molecule has 1 aliphatic rings. The van der Waals surface area contributed by atoms with Crippen LogP contribution in [0.2, 0.25) is 0 Å². The van der Waals surface area contributed by atoms with Gasteiger partial charge in [0.2, 0.25) is 5.91 Å². The van der Waals surface area contributed by atoms with Crippen LogP contribution < -0.4 is 15.5 Å². The SMILES string of the molecule is CC(C)C(=O)N1CCN(c2ccc(NC(=S)NC(=O)c3ccc(C(C)C)cc3)cc2)CC1. The van der Waals surface area contributed by atoms with Gasteiger partial charge in [-0.15, -0.1) is 0 Å². The van der Waals surface area contributed by atoms with Gasteiger partial charge < -0.3 is 15.1 Å². The summed E-state index contributed by atoms with van der Waals surface area (Å²) in [4.78, 5) is 28.8. The largest absolute Gasteiger partial charge is 0.368 e. The van der Waals surface area contributed by atoms with Gasteiger partial charge in [0.25, 0.3) is 5.91 Å². The minimum Gasteiger partial charge on any atom is -0.368 e. The Hall–Kier alpha value is -2.93. The lowest BCUT2D eigenvalue weighted by Crippen LogP contribution is -2.49. The maximum Gasteiger partial charge on any atom is 0.257 e. The average molecular weight is 453 g/mol. The molecule has 0 atom stereocenters. The van der Waals surface area contributed by atoms with Crippen molar-refractivity contribution in [2.75, 3.05) is 36.4 Å². The molecule has 2 amide bonds. The van der Waals surface area contributed by atoms with E-state index in [1.54, 1.807) is 0 Å². The Balaban J connectivity index is 1.50. The Labute approximate surface area is 196 Å². The van der Waals surface area contributed by atoms with Gasteiger partial charge in [0, 0.05) is 49.0 Å². The normalized spacial score (nSPS) is 13.9. The molecule has 0 saturated carbocycles. The summed E-state index contributed by atoms with van der Waals surface area (Å²) in [5.41, 5.74) is 3.68. The predicted octanol–water partition coefficient (Wildman–Crippen LogP) is 4.24. The van der Waals surface area contributed by atoms with Gasteiger partial charge in [-0.25, -0.2) is 0 Å². The van der Waals surface area contributed by atoms with Crippen LogP contribution in [-0.4, -0.2) is 48.0 Å². The molecule has 2 aromatic carbocycles. The predicted molar refractivity (Wildman–Crippen MR) is 134 cm³/mol. The summed E-state index contributed by atoms with van der Waals surface area (Å²) in [6, 6.07) is 15.5. The van der Waals surface area contributed by atoms with Crippen molar-refractivity contribution >= 4 is 40.5 Å². The molecular weight excluding hydrogens is 420 g/mol. The lowest BCUT2D eigenvalue weighted by molar-refractivity contribution is -0.134. The third-order valence-electron chi connectivity index (χ3n) is 5.64. The number of piperazine rings is 1. The van der Waals surface area contributed by atoms with Gasteiger partial charge >= 0.3 is 0 Å². The van der Waals surface area contributed by atoms with Gasteiger partial charge in [0.05, 0.1) is 0 Å². The van der Waals surface area contributed by atoms with E-state index >= 15 is 0 Å². The van der Waals surface area contributed by atoms with E-state index in [2.05, 4.69) is 29.4 Å². The van der Waals surface area contributed by atoms with Gasteiger partial charge in [-0.3, -0.25) is 14.9 Å². The van der Waals surface area contributed by atoms with Crippen LogP contribution >= 0.6 is 12.2 Å². The fraction of sp³-hybridized carbons (Fsp3) is 0.400. The molecule has 32 heavy (non-hydrogen) atoms. The van der Waals surface area contributed by atoms with Crippen molar-refractivity contribution < 1.29 is 9.59 Å². The Bertz CT molecular complexity index is 947. The van der Waals surface area contributed by atoms with E-state index < -0.39 is 0 Å². The molecule has 6 nitrogen and oxygen atoms in total. The van der Waals surface area contributed by atoms with Crippen molar-refractivity contribution in [3.05, 3.63) is 59.7 Å². The zero-order chi connectivity index (χ0) is 23.3. The number of nitrogens with one attached hydrogen (secondary N) is 2. The van der Waals surface area contributed by atoms with E-state index in [0.717, 1.165) is 37.6 Å². The molecular formula is C25H32N4O2S. The quantitative estimate of drug-likeness (QED) is 0.665. The van der Waals surface area contributed by atoms with Crippen LogP contribution in [0.1, 0.15) is 49.5 Å². The molecule has 1 aliphatic heterocycles. The fourth-order valence-corrected chi connectivity index (χ4v) is 3.87. The molecule has 0 unspecified atom stereocenters. The second-order valence-electron chi connectivity index (χ2n) is 8.70. The first-order chi connectivity index (χ1) is 15.2. The van der Waals surface area contributed by atoms with E-state index in [4.69, 9.17) is 12.2 Å². The number of nitrogens with zero attached hydrogens (tertiary/aromatic N) is 2. The Morgan fingerprint density at radius 1 is 0.875 bits per heavy atom. The number of hydrogen-bond donors (Lipinski definition) is 2. The minimum atomic E-state index is -0.233. The number of rotatable bonds is 5. The van der Waals surface area contributed by atoms with Crippen molar-refractivity contribution in [3.8, 4) is 0 Å². The van der Waals surface area contributed by atoms with Crippen LogP contribution in [0.4, 0.5) is 11.4 Å². The molecule has 1 heterocycles. The van der Waals surface area contributed by atoms with Crippen LogP contribution in [0.5, 0.6) is 0 Å². The van der Waals surface area contributed by atoms with Crippen molar-refractivity contribution in [1.29, 1.82) is 0 Å². The van der Waals surface area contributed by atoms with Gasteiger partial charge in [-0.2, -0.15) is 0 Å². The first-order valence-corrected chi connectivity index (χ1v) is 11.5. The topological polar surface area (TPSA) is 64.7 Å². The molecule has 3 rings (SSSR count). The number of amides is 2. The maximum absolute atomic E-state index is 12.4. The van der Waals surface area contributed by atoms with Crippen LogP contribution in [0.15, 0.2) is 48.5 Å². The average Bonchev–Trinajstić information content (AvgIpc) is 2.79. The summed E-state index contributed by atoms with van der Waals surface area (Å²) in [5, 5.41) is 6.05. The van der Waals surface area contributed by atoms with Gasteiger partial charge in [-0.05, 0) is 60.1 Å². The molecule has 0 aliphatic carbocycles. The van der Waals surface area contributed by atoms with Crippen molar-refractivity contribution in [2.24, 2.45) is 5.92 Å². The zero-order valence-electron chi connectivity index (χ0n) is 19.2. The Morgan fingerprint density at radius 2 is 1.47 bits per heavy atom. The number of hydrogen-bond acceptors (Lipinski definition) is 4. The highest BCUT2D eigenvalue weighted by Gasteiger charge is 2.22. The highest BCUT2D eigenvalue weighted by molar-refractivity contribution is 7.80. The van der Waals surface area contributed by atoms with Crippen LogP contribution in [0, 0.1) is 5.92 Å². The summed E-state index contributed by atoms with van der Waals surface area (Å²) >= 11 is 5.30. The number of anilines is 2. The maximum atomic E-state index is 12.4. The standard InChI is InChI=1S/C25H32N4O2S/c1-17(2)19-5-7-20(8-6-19)23(30)27-25(32)26-21-9-11-22(12-10-21)28-13-15-29(16-14-28)24(31)18(3)4/h5-12,17-18H,13-16H2,1-4H3,(H2,26,27,30,32). The molecule has 1 saturated heterocycles. The summed E-state index contributed by atoms with van der Waals surface area (Å²) in [6.45, 7) is 11.2. The lowest BCUT2D eigenvalue weighted by Gasteiger charge is -2.37. The second kappa shape index (κ2) is 10.6. The monoisotopic (exact) mass is 452 g/mol. The molecule has 1 fully saturated rings. The number of benzene rings is 2. The van der Waals surface area contributed by atoms with Gasteiger partial charge in [0.15, 0.2) is 5.11 Å². The smallest absolute Gasteiger partial charge is 0.257 e. The molecule has 170 valence electrons. The molecule has 2 N–H and O–H groups in total. The first kappa shape index (κ1) is 23.7. The molecule has 2 aromatic rings. The number of thiocarbonyl (C=S) groups is 1. The lowest BCUT2D eigenvalue weighted by atomic mass is 10.0. The summed E-state index contributed by atoms with van der Waals surface area (Å²) in [6.07, 6.45) is 0. The highest BCUT2D eigenvalue weighted by atomic mass is 32.1. The fourth-order valence-electron chi connectivity index (χ4n) is 3.66. The third-order valence-corrected chi connectivity index (χ3v) is 5.85. The summed E-state index contributed by atoms with van der Waals surface area (Å²) in [7, 11) is 0. The van der Waals surface area contributed by atoms with Gasteiger partial charge in [0.1, 0.15) is 0 Å². The molecule has 0 bridgehead atoms. The Kier molecular flexibility index (Phi) is 7.85. The van der Waals surface area contributed by atoms with E-state index in [1.807, 2.05) is 67.3 Å². The van der Waals surface area contributed by atoms with Gasteiger partial charge in [-0.1, -0.05) is 39.8 Å². The molecule has 0 spiro atoms. The zero-order valence-corrected chi connectivity index (χ0v) is 20.0. The summed E-state index contributed by atoms with van der Waals surface area (Å²) < 4.78 is 0. The number of carbonyl (C=O) groups excluding carboxylic acids is 2. The molecule has 7 heteroatoms. The van der Waals surface area contributed by atoms with Crippen LogP contribution in [0.25, 0.3) is 0 Å². The van der Waals surface area contributed by atoms with E-state index in [-0.39, 0.29) is 22.8 Å². The van der Waals surface area contributed by atoms with Crippen LogP contribution in [-0.2, 0) is 4.79 Å². The third kappa shape index (κ3) is 6.07. The molecule has 0 radical (unpaired) electrons. The van der Waals surface area contributed by atoms with Crippen molar-refractivity contribution in [3.63, 3.8) is 0 Å².